The Labute approximate surface area is 187 Å². The summed E-state index contributed by atoms with van der Waals surface area (Å²) in [6, 6.07) is 14.7. The molecule has 1 aliphatic carbocycles. The van der Waals surface area contributed by atoms with Crippen LogP contribution in [0.4, 0.5) is 0 Å². The second kappa shape index (κ2) is 10.0. The van der Waals surface area contributed by atoms with E-state index in [9.17, 15) is 13.2 Å². The highest BCUT2D eigenvalue weighted by Crippen LogP contribution is 2.25. The Balaban J connectivity index is 1.78. The second-order valence-corrected chi connectivity index (χ2v) is 9.96. The van der Waals surface area contributed by atoms with Crippen molar-refractivity contribution in [1.29, 1.82) is 0 Å². The number of benzene rings is 2. The van der Waals surface area contributed by atoms with Crippen molar-refractivity contribution in [2.45, 2.75) is 43.7 Å². The number of nitrogens with zero attached hydrogens (tertiary/aromatic N) is 1. The zero-order valence-corrected chi connectivity index (χ0v) is 19.7. The van der Waals surface area contributed by atoms with Crippen LogP contribution in [0, 0.1) is 0 Å². The minimum Gasteiger partial charge on any atom is -0.350 e. The summed E-state index contributed by atoms with van der Waals surface area (Å²) in [4.78, 5) is 15.3. The van der Waals surface area contributed by atoms with E-state index in [0.717, 1.165) is 31.5 Å². The van der Waals surface area contributed by atoms with Crippen molar-refractivity contribution < 1.29 is 13.2 Å². The maximum absolute atomic E-state index is 12.9. The molecule has 30 heavy (non-hydrogen) atoms. The maximum Gasteiger partial charge on any atom is 0.252 e. The Morgan fingerprint density at radius 1 is 1.13 bits per heavy atom. The third-order valence-electron chi connectivity index (χ3n) is 5.29. The van der Waals surface area contributed by atoms with Crippen molar-refractivity contribution in [2.24, 2.45) is 0 Å². The highest BCUT2D eigenvalue weighted by molar-refractivity contribution is 9.10. The number of likely N-dealkylation sites (N-methyl/N-ethyl adjacent to an activating group) is 1. The number of hydrogen-bond donors (Lipinski definition) is 2. The summed E-state index contributed by atoms with van der Waals surface area (Å²) in [5.74, 6) is -0.307. The number of rotatable bonds is 10. The van der Waals surface area contributed by atoms with Crippen LogP contribution in [0.25, 0.3) is 0 Å². The third-order valence-corrected chi connectivity index (χ3v) is 7.50. The molecule has 8 heteroatoms. The summed E-state index contributed by atoms with van der Waals surface area (Å²) >= 11 is 3.38. The summed E-state index contributed by atoms with van der Waals surface area (Å²) in [5.41, 5.74) is 1.44. The fourth-order valence-electron chi connectivity index (χ4n) is 3.42. The van der Waals surface area contributed by atoms with Crippen LogP contribution in [-0.4, -0.2) is 44.9 Å². The van der Waals surface area contributed by atoms with Crippen molar-refractivity contribution in [3.63, 3.8) is 0 Å². The Morgan fingerprint density at radius 3 is 2.40 bits per heavy atom. The molecule has 2 aromatic carbocycles. The molecule has 0 aromatic heterocycles. The minimum absolute atomic E-state index is 0.0108. The number of carbonyl (C=O) groups excluding carboxylic acids is 1. The minimum atomic E-state index is -3.62. The van der Waals surface area contributed by atoms with Crippen LogP contribution >= 0.6 is 15.9 Å². The molecule has 1 amide bonds. The van der Waals surface area contributed by atoms with Gasteiger partial charge in [0.2, 0.25) is 10.0 Å². The Hall–Kier alpha value is -1.74. The smallest absolute Gasteiger partial charge is 0.252 e. The molecule has 2 aromatic rings. The van der Waals surface area contributed by atoms with Gasteiger partial charge < -0.3 is 5.32 Å². The van der Waals surface area contributed by atoms with Gasteiger partial charge in [-0.2, -0.15) is 0 Å². The van der Waals surface area contributed by atoms with Crippen molar-refractivity contribution in [1.82, 2.24) is 14.9 Å². The standard InChI is InChI=1S/C22H28BrN3O3S/c1-3-26(4-2)21(16-8-6-5-7-9-16)15-24-22(27)19-14-18(12-13-20(19)23)30(28,29)25-17-10-11-17/h5-9,12-14,17,21,25H,3-4,10-11,15H2,1-2H3,(H,24,27)/t21-/m0/s1. The molecule has 0 bridgehead atoms. The first-order chi connectivity index (χ1) is 14.4. The van der Waals surface area contributed by atoms with E-state index in [-0.39, 0.29) is 22.9 Å². The van der Waals surface area contributed by atoms with Crippen LogP contribution in [0.3, 0.4) is 0 Å². The molecule has 162 valence electrons. The van der Waals surface area contributed by atoms with E-state index in [2.05, 4.69) is 56.8 Å². The molecule has 2 N–H and O–H groups in total. The number of hydrogen-bond acceptors (Lipinski definition) is 4. The number of carbonyl (C=O) groups is 1. The molecular formula is C22H28BrN3O3S. The van der Waals surface area contributed by atoms with Gasteiger partial charge in [0, 0.05) is 17.1 Å². The lowest BCUT2D eigenvalue weighted by Crippen LogP contribution is -2.38. The Bertz CT molecular complexity index is 974. The quantitative estimate of drug-likeness (QED) is 0.528. The number of nitrogens with one attached hydrogen (secondary N) is 2. The van der Waals surface area contributed by atoms with E-state index in [1.807, 2.05) is 18.2 Å². The Morgan fingerprint density at radius 2 is 1.80 bits per heavy atom. The van der Waals surface area contributed by atoms with Gasteiger partial charge >= 0.3 is 0 Å². The molecule has 3 rings (SSSR count). The second-order valence-electron chi connectivity index (χ2n) is 7.39. The monoisotopic (exact) mass is 493 g/mol. The highest BCUT2D eigenvalue weighted by atomic mass is 79.9. The first-order valence-corrected chi connectivity index (χ1v) is 12.5. The highest BCUT2D eigenvalue weighted by Gasteiger charge is 2.29. The zero-order valence-electron chi connectivity index (χ0n) is 17.3. The molecule has 0 aliphatic heterocycles. The SMILES string of the molecule is CCN(CC)[C@@H](CNC(=O)c1cc(S(=O)(=O)NC2CC2)ccc1Br)c1ccccc1. The lowest BCUT2D eigenvalue weighted by molar-refractivity contribution is 0.0934. The van der Waals surface area contributed by atoms with E-state index < -0.39 is 10.0 Å². The molecule has 0 spiro atoms. The van der Waals surface area contributed by atoms with Gasteiger partial charge in [-0.3, -0.25) is 9.69 Å². The largest absolute Gasteiger partial charge is 0.350 e. The molecule has 0 radical (unpaired) electrons. The van der Waals surface area contributed by atoms with Gasteiger partial charge in [0.05, 0.1) is 16.5 Å². The van der Waals surface area contributed by atoms with E-state index in [0.29, 0.717) is 16.6 Å². The topological polar surface area (TPSA) is 78.5 Å². The third kappa shape index (κ3) is 5.69. The lowest BCUT2D eigenvalue weighted by atomic mass is 10.0. The summed E-state index contributed by atoms with van der Waals surface area (Å²) in [7, 11) is -3.62. The summed E-state index contributed by atoms with van der Waals surface area (Å²) in [6.07, 6.45) is 1.71. The first kappa shape index (κ1) is 22.9. The fraction of sp³-hybridized carbons (Fsp3) is 0.409. The molecule has 1 saturated carbocycles. The summed E-state index contributed by atoms with van der Waals surface area (Å²) < 4.78 is 28.3. The lowest BCUT2D eigenvalue weighted by Gasteiger charge is -2.30. The average Bonchev–Trinajstić information content (AvgIpc) is 3.55. The normalized spacial score (nSPS) is 15.2. The molecule has 1 aliphatic rings. The van der Waals surface area contributed by atoms with Gasteiger partial charge in [-0.25, -0.2) is 13.1 Å². The zero-order chi connectivity index (χ0) is 21.7. The van der Waals surface area contributed by atoms with Gasteiger partial charge in [0.15, 0.2) is 0 Å². The van der Waals surface area contributed by atoms with Crippen molar-refractivity contribution in [3.8, 4) is 0 Å². The van der Waals surface area contributed by atoms with Crippen molar-refractivity contribution in [2.75, 3.05) is 19.6 Å². The molecule has 1 atom stereocenters. The number of sulfonamides is 1. The fourth-order valence-corrected chi connectivity index (χ4v) is 5.17. The van der Waals surface area contributed by atoms with E-state index in [1.54, 1.807) is 6.07 Å². The van der Waals surface area contributed by atoms with Crippen LogP contribution in [-0.2, 0) is 10.0 Å². The van der Waals surface area contributed by atoms with E-state index >= 15 is 0 Å². The molecule has 0 saturated heterocycles. The first-order valence-electron chi connectivity index (χ1n) is 10.2. The predicted molar refractivity (Wildman–Crippen MR) is 122 cm³/mol. The number of amides is 1. The van der Waals surface area contributed by atoms with Crippen LogP contribution in [0.5, 0.6) is 0 Å². The van der Waals surface area contributed by atoms with Gasteiger partial charge in [-0.05, 0) is 65.6 Å². The van der Waals surface area contributed by atoms with Gasteiger partial charge in [-0.15, -0.1) is 0 Å². The molecule has 1 fully saturated rings. The maximum atomic E-state index is 12.9. The summed E-state index contributed by atoms with van der Waals surface area (Å²) in [6.45, 7) is 6.33. The van der Waals surface area contributed by atoms with Gasteiger partial charge in [0.25, 0.3) is 5.91 Å². The van der Waals surface area contributed by atoms with Crippen LogP contribution < -0.4 is 10.0 Å². The predicted octanol–water partition coefficient (Wildman–Crippen LogP) is 3.70. The molecule has 0 heterocycles. The molecular weight excluding hydrogens is 466 g/mol. The van der Waals surface area contributed by atoms with E-state index in [1.165, 1.54) is 12.1 Å². The van der Waals surface area contributed by atoms with Crippen LogP contribution in [0.1, 0.15) is 48.7 Å². The van der Waals surface area contributed by atoms with Crippen LogP contribution in [0.15, 0.2) is 57.9 Å². The van der Waals surface area contributed by atoms with E-state index in [4.69, 9.17) is 0 Å². The molecule has 6 nitrogen and oxygen atoms in total. The average molecular weight is 494 g/mol. The molecule has 0 unspecified atom stereocenters. The van der Waals surface area contributed by atoms with Crippen molar-refractivity contribution >= 4 is 31.9 Å². The summed E-state index contributed by atoms with van der Waals surface area (Å²) in [5, 5.41) is 2.99. The Kier molecular flexibility index (Phi) is 7.68. The number of halogens is 1. The van der Waals surface area contributed by atoms with Crippen molar-refractivity contribution in [3.05, 3.63) is 64.1 Å². The van der Waals surface area contributed by atoms with Gasteiger partial charge in [0.1, 0.15) is 0 Å². The van der Waals surface area contributed by atoms with Crippen LogP contribution in [0.2, 0.25) is 0 Å². The van der Waals surface area contributed by atoms with Gasteiger partial charge in [-0.1, -0.05) is 44.2 Å².